The van der Waals surface area contributed by atoms with Crippen LogP contribution in [0.15, 0.2) is 29.2 Å². The van der Waals surface area contributed by atoms with Crippen LogP contribution < -0.4 is 5.32 Å². The van der Waals surface area contributed by atoms with E-state index in [0.29, 0.717) is 12.3 Å². The van der Waals surface area contributed by atoms with Gasteiger partial charge >= 0.3 is 12.0 Å². The van der Waals surface area contributed by atoms with Crippen molar-refractivity contribution in [3.8, 4) is 0 Å². The van der Waals surface area contributed by atoms with E-state index in [0.717, 1.165) is 0 Å². The van der Waals surface area contributed by atoms with Gasteiger partial charge in [-0.05, 0) is 12.1 Å². The van der Waals surface area contributed by atoms with E-state index in [1.165, 1.54) is 17.0 Å². The zero-order valence-electron chi connectivity index (χ0n) is 10.3. The molecule has 0 atom stereocenters. The molecule has 7 heteroatoms. The summed E-state index contributed by atoms with van der Waals surface area (Å²) in [5, 5.41) is 20.1. The Balaban J connectivity index is 2.51. The number of rotatable bonds is 7. The minimum absolute atomic E-state index is 0.0746. The molecule has 19 heavy (non-hydrogen) atoms. The fourth-order valence-corrected chi connectivity index (χ4v) is 1.41. The molecule has 3 N–H and O–H groups in total. The predicted molar refractivity (Wildman–Crippen MR) is 66.8 cm³/mol. The van der Waals surface area contributed by atoms with E-state index in [4.69, 9.17) is 14.6 Å². The highest BCUT2D eigenvalue weighted by molar-refractivity contribution is 5.84. The summed E-state index contributed by atoms with van der Waals surface area (Å²) in [7, 11) is 0. The number of hydrogen-bond acceptors (Lipinski definition) is 4. The van der Waals surface area contributed by atoms with Crippen molar-refractivity contribution in [3.63, 3.8) is 0 Å². The second-order valence-electron chi connectivity index (χ2n) is 3.69. The van der Waals surface area contributed by atoms with E-state index in [2.05, 4.69) is 11.9 Å². The normalized spacial score (nSPS) is 9.95. The summed E-state index contributed by atoms with van der Waals surface area (Å²) in [6.07, 6.45) is 1.55. The lowest BCUT2D eigenvalue weighted by molar-refractivity contribution is 0.0660. The van der Waals surface area contributed by atoms with Gasteiger partial charge in [0, 0.05) is 13.1 Å². The molecule has 1 aromatic heterocycles. The van der Waals surface area contributed by atoms with Crippen LogP contribution in [-0.4, -0.2) is 46.8 Å². The molecule has 0 aromatic carbocycles. The molecule has 0 aliphatic heterocycles. The number of carboxylic acid groups (broad SMARTS) is 1. The number of hydrogen-bond donors (Lipinski definition) is 3. The van der Waals surface area contributed by atoms with Crippen LogP contribution in [0, 0.1) is 0 Å². The molecule has 1 aromatic rings. The minimum Gasteiger partial charge on any atom is -0.475 e. The third-order valence-corrected chi connectivity index (χ3v) is 2.29. The van der Waals surface area contributed by atoms with Crippen molar-refractivity contribution < 1.29 is 24.2 Å². The van der Waals surface area contributed by atoms with Crippen LogP contribution >= 0.6 is 0 Å². The molecule has 0 bridgehead atoms. The summed E-state index contributed by atoms with van der Waals surface area (Å²) in [5.41, 5.74) is 0. The lowest BCUT2D eigenvalue weighted by Gasteiger charge is -2.20. The van der Waals surface area contributed by atoms with Gasteiger partial charge < -0.3 is 24.8 Å². The predicted octanol–water partition coefficient (Wildman–Crippen LogP) is 0.668. The maximum Gasteiger partial charge on any atom is 0.371 e. The second-order valence-corrected chi connectivity index (χ2v) is 3.69. The molecular weight excluding hydrogens is 252 g/mol. The minimum atomic E-state index is -1.16. The van der Waals surface area contributed by atoms with Crippen LogP contribution in [0.1, 0.15) is 16.3 Å². The van der Waals surface area contributed by atoms with Crippen molar-refractivity contribution >= 4 is 12.0 Å². The van der Waals surface area contributed by atoms with E-state index in [1.807, 2.05) is 0 Å². The smallest absolute Gasteiger partial charge is 0.371 e. The Morgan fingerprint density at radius 3 is 2.74 bits per heavy atom. The Labute approximate surface area is 110 Å². The summed E-state index contributed by atoms with van der Waals surface area (Å²) in [6, 6.07) is 2.41. The molecule has 0 aliphatic rings. The topological polar surface area (TPSA) is 103 Å². The molecule has 0 spiro atoms. The molecular formula is C12H16N2O5. The van der Waals surface area contributed by atoms with Gasteiger partial charge in [0.05, 0.1) is 13.2 Å². The number of nitrogens with one attached hydrogen (secondary N) is 1. The first-order valence-corrected chi connectivity index (χ1v) is 5.65. The first kappa shape index (κ1) is 14.8. The molecule has 1 heterocycles. The van der Waals surface area contributed by atoms with Crippen LogP contribution in [0.5, 0.6) is 0 Å². The third-order valence-electron chi connectivity index (χ3n) is 2.29. The maximum absolute atomic E-state index is 11.7. The fourth-order valence-electron chi connectivity index (χ4n) is 1.41. The third kappa shape index (κ3) is 4.47. The average Bonchev–Trinajstić information content (AvgIpc) is 2.84. The Kier molecular flexibility index (Phi) is 5.62. The van der Waals surface area contributed by atoms with Gasteiger partial charge in [-0.1, -0.05) is 6.08 Å². The summed E-state index contributed by atoms with van der Waals surface area (Å²) >= 11 is 0. The number of aliphatic hydroxyl groups excluding tert-OH is 1. The van der Waals surface area contributed by atoms with E-state index < -0.39 is 5.97 Å². The molecule has 1 rings (SSSR count). The van der Waals surface area contributed by atoms with E-state index in [1.54, 1.807) is 6.08 Å². The van der Waals surface area contributed by atoms with Gasteiger partial charge in [-0.15, -0.1) is 6.58 Å². The molecule has 0 radical (unpaired) electrons. The number of nitrogens with zero attached hydrogens (tertiary/aromatic N) is 1. The number of carbonyl (C=O) groups is 2. The molecule has 0 saturated carbocycles. The average molecular weight is 268 g/mol. The number of aliphatic hydroxyl groups is 1. The Morgan fingerprint density at radius 2 is 2.21 bits per heavy atom. The number of furan rings is 1. The highest BCUT2D eigenvalue weighted by atomic mass is 16.4. The van der Waals surface area contributed by atoms with Crippen molar-refractivity contribution in [2.24, 2.45) is 0 Å². The van der Waals surface area contributed by atoms with E-state index >= 15 is 0 Å². The molecule has 0 aliphatic carbocycles. The Morgan fingerprint density at radius 1 is 1.47 bits per heavy atom. The van der Waals surface area contributed by atoms with Crippen molar-refractivity contribution in [2.45, 2.75) is 6.54 Å². The SMILES string of the molecule is C=CCN(CCO)C(=O)NCc1ccc(C(=O)O)o1. The van der Waals surface area contributed by atoms with Gasteiger partial charge in [-0.25, -0.2) is 9.59 Å². The van der Waals surface area contributed by atoms with Crippen LogP contribution in [-0.2, 0) is 6.54 Å². The highest BCUT2D eigenvalue weighted by Gasteiger charge is 2.13. The number of carboxylic acids is 1. The first-order chi connectivity index (χ1) is 9.08. The Hall–Kier alpha value is -2.28. The van der Waals surface area contributed by atoms with Gasteiger partial charge in [-0.3, -0.25) is 0 Å². The maximum atomic E-state index is 11.7. The number of aromatic carboxylic acids is 1. The highest BCUT2D eigenvalue weighted by Crippen LogP contribution is 2.07. The quantitative estimate of drug-likeness (QED) is 0.630. The number of amides is 2. The largest absolute Gasteiger partial charge is 0.475 e. The molecule has 0 fully saturated rings. The van der Waals surface area contributed by atoms with Crippen molar-refractivity contribution in [1.82, 2.24) is 10.2 Å². The van der Waals surface area contributed by atoms with Gasteiger partial charge in [0.2, 0.25) is 5.76 Å². The summed E-state index contributed by atoms with van der Waals surface area (Å²) in [4.78, 5) is 23.7. The van der Waals surface area contributed by atoms with Crippen molar-refractivity contribution in [2.75, 3.05) is 19.7 Å². The molecule has 104 valence electrons. The van der Waals surface area contributed by atoms with Crippen LogP contribution in [0.25, 0.3) is 0 Å². The summed E-state index contributed by atoms with van der Waals surface area (Å²) < 4.78 is 4.99. The molecule has 7 nitrogen and oxygen atoms in total. The van der Waals surface area contributed by atoms with Crippen molar-refractivity contribution in [1.29, 1.82) is 0 Å². The molecule has 0 unspecified atom stereocenters. The summed E-state index contributed by atoms with van der Waals surface area (Å²) in [5.74, 6) is -0.998. The van der Waals surface area contributed by atoms with E-state index in [-0.39, 0.29) is 31.5 Å². The lowest BCUT2D eigenvalue weighted by Crippen LogP contribution is -2.41. The van der Waals surface area contributed by atoms with Crippen LogP contribution in [0.2, 0.25) is 0 Å². The first-order valence-electron chi connectivity index (χ1n) is 5.65. The Bertz CT molecular complexity index is 455. The fraction of sp³-hybridized carbons (Fsp3) is 0.333. The lowest BCUT2D eigenvalue weighted by atomic mass is 10.4. The number of carbonyl (C=O) groups excluding carboxylic acids is 1. The monoisotopic (exact) mass is 268 g/mol. The van der Waals surface area contributed by atoms with Crippen LogP contribution in [0.3, 0.4) is 0 Å². The van der Waals surface area contributed by atoms with Crippen LogP contribution in [0.4, 0.5) is 4.79 Å². The van der Waals surface area contributed by atoms with Gasteiger partial charge in [0.15, 0.2) is 0 Å². The second kappa shape index (κ2) is 7.22. The molecule has 2 amide bonds. The van der Waals surface area contributed by atoms with Crippen molar-refractivity contribution in [3.05, 3.63) is 36.3 Å². The molecule has 0 saturated heterocycles. The van der Waals surface area contributed by atoms with Gasteiger partial charge in [0.1, 0.15) is 5.76 Å². The van der Waals surface area contributed by atoms with Gasteiger partial charge in [-0.2, -0.15) is 0 Å². The van der Waals surface area contributed by atoms with E-state index in [9.17, 15) is 9.59 Å². The van der Waals surface area contributed by atoms with Gasteiger partial charge in [0.25, 0.3) is 0 Å². The summed E-state index contributed by atoms with van der Waals surface area (Å²) in [6.45, 7) is 3.95. The zero-order chi connectivity index (χ0) is 14.3. The zero-order valence-corrected chi connectivity index (χ0v) is 10.3. The standard InChI is InChI=1S/C12H16N2O5/c1-2-5-14(6-7-15)12(18)13-8-9-3-4-10(19-9)11(16)17/h2-4,15H,1,5-8H2,(H,13,18)(H,16,17). The number of urea groups is 1.